The van der Waals surface area contributed by atoms with E-state index in [-0.39, 0.29) is 17.4 Å². The van der Waals surface area contributed by atoms with Crippen LogP contribution < -0.4 is 10.7 Å². The zero-order valence-electron chi connectivity index (χ0n) is 20.3. The van der Waals surface area contributed by atoms with Gasteiger partial charge in [0.05, 0.1) is 17.3 Å². The Morgan fingerprint density at radius 1 is 0.892 bits per heavy atom. The normalized spacial score (nSPS) is 13.9. The summed E-state index contributed by atoms with van der Waals surface area (Å²) in [6.45, 7) is 1.78. The van der Waals surface area contributed by atoms with Gasteiger partial charge >= 0.3 is 0 Å². The lowest BCUT2D eigenvalue weighted by Gasteiger charge is -2.18. The van der Waals surface area contributed by atoms with Crippen molar-refractivity contribution in [3.63, 3.8) is 0 Å². The molecule has 1 aliphatic rings. The van der Waals surface area contributed by atoms with Crippen molar-refractivity contribution in [2.24, 2.45) is 5.10 Å². The first-order valence-corrected chi connectivity index (χ1v) is 12.2. The number of amides is 2. The fraction of sp³-hybridized carbons (Fsp3) is 0.167. The van der Waals surface area contributed by atoms with Crippen molar-refractivity contribution in [3.05, 3.63) is 125 Å². The van der Waals surface area contributed by atoms with Crippen LogP contribution in [0.15, 0.2) is 94.4 Å². The smallest absolute Gasteiger partial charge is 0.291 e. The predicted molar refractivity (Wildman–Crippen MR) is 140 cm³/mol. The Morgan fingerprint density at radius 2 is 1.51 bits per heavy atom. The molecular weight excluding hydrogens is 469 g/mol. The number of aryl methyl sites for hydroxylation is 1. The lowest BCUT2D eigenvalue weighted by molar-refractivity contribution is -0.121. The number of hydrogen-bond acceptors (Lipinski definition) is 4. The highest BCUT2D eigenvalue weighted by Crippen LogP contribution is 2.31. The predicted octanol–water partition coefficient (Wildman–Crippen LogP) is 5.97. The molecule has 1 heterocycles. The van der Waals surface area contributed by atoms with Gasteiger partial charge in [0.1, 0.15) is 11.6 Å². The second-order valence-corrected chi connectivity index (χ2v) is 8.93. The lowest BCUT2D eigenvalue weighted by atomic mass is 9.90. The Bertz CT molecular complexity index is 1420. The zero-order valence-corrected chi connectivity index (χ0v) is 20.3. The van der Waals surface area contributed by atoms with Crippen LogP contribution in [0.4, 0.5) is 10.1 Å². The van der Waals surface area contributed by atoms with Gasteiger partial charge in [-0.15, -0.1) is 0 Å². The molecule has 7 heteroatoms. The van der Waals surface area contributed by atoms with Crippen LogP contribution in [-0.2, 0) is 11.2 Å². The highest BCUT2D eigenvalue weighted by Gasteiger charge is 2.29. The summed E-state index contributed by atoms with van der Waals surface area (Å²) in [4.78, 5) is 26.3. The molecule has 37 heavy (non-hydrogen) atoms. The molecule has 2 N–H and O–H groups in total. The first-order chi connectivity index (χ1) is 18.0. The van der Waals surface area contributed by atoms with Gasteiger partial charge in [-0.25, -0.2) is 9.82 Å². The number of hydrogen-bond donors (Lipinski definition) is 2. The van der Waals surface area contributed by atoms with Crippen LogP contribution in [0.3, 0.4) is 0 Å². The van der Waals surface area contributed by atoms with Crippen LogP contribution >= 0.6 is 0 Å². The van der Waals surface area contributed by atoms with Crippen molar-refractivity contribution < 1.29 is 18.4 Å². The summed E-state index contributed by atoms with van der Waals surface area (Å²) in [7, 11) is 0. The Hall–Kier alpha value is -4.52. The van der Waals surface area contributed by atoms with E-state index in [2.05, 4.69) is 15.8 Å². The lowest BCUT2D eigenvalue weighted by Crippen LogP contribution is -2.28. The summed E-state index contributed by atoms with van der Waals surface area (Å²) >= 11 is 0. The summed E-state index contributed by atoms with van der Waals surface area (Å²) < 4.78 is 19.9. The van der Waals surface area contributed by atoms with Crippen molar-refractivity contribution in [1.29, 1.82) is 0 Å². The Kier molecular flexibility index (Phi) is 6.94. The molecule has 6 nitrogen and oxygen atoms in total. The standard InChI is InChI=1S/C30H26FN3O3/c1-19-26-24(17-10-18-25(26)37-28(19)30(36)32-23-16-9-8-15-22(23)31)33-34-29(35)27(20-11-4-2-5-12-20)21-13-6-3-7-14-21/h2-9,11-16,27H,10,17-18H2,1H3,(H,32,36)(H,34,35)/b33-24+. The van der Waals surface area contributed by atoms with Crippen LogP contribution in [0.1, 0.15) is 57.3 Å². The van der Waals surface area contributed by atoms with Crippen molar-refractivity contribution in [1.82, 2.24) is 5.43 Å². The van der Waals surface area contributed by atoms with Crippen LogP contribution in [0, 0.1) is 12.7 Å². The second-order valence-electron chi connectivity index (χ2n) is 8.93. The average Bonchev–Trinajstić information content (AvgIpc) is 3.27. The maximum absolute atomic E-state index is 14.0. The third kappa shape index (κ3) is 5.07. The van der Waals surface area contributed by atoms with Crippen molar-refractivity contribution >= 4 is 23.2 Å². The molecule has 0 spiro atoms. The van der Waals surface area contributed by atoms with Crippen molar-refractivity contribution in [2.75, 3.05) is 5.32 Å². The number of fused-ring (bicyclic) bond motifs is 1. The van der Waals surface area contributed by atoms with Gasteiger partial charge in [0.25, 0.3) is 11.8 Å². The number of benzene rings is 3. The largest absolute Gasteiger partial charge is 0.455 e. The SMILES string of the molecule is Cc1c(C(=O)Nc2ccccc2F)oc2c1/C(=N/NC(=O)C(c1ccccc1)c1ccccc1)CCC2. The van der Waals surface area contributed by atoms with E-state index in [1.54, 1.807) is 19.1 Å². The molecule has 5 rings (SSSR count). The molecule has 1 aliphatic carbocycles. The summed E-state index contributed by atoms with van der Waals surface area (Å²) in [6, 6.07) is 25.1. The van der Waals surface area contributed by atoms with E-state index in [1.165, 1.54) is 12.1 Å². The average molecular weight is 496 g/mol. The fourth-order valence-corrected chi connectivity index (χ4v) is 4.71. The molecule has 186 valence electrons. The Labute approximate surface area is 214 Å². The van der Waals surface area contributed by atoms with E-state index < -0.39 is 17.6 Å². The number of halogens is 1. The molecule has 3 aromatic carbocycles. The summed E-state index contributed by atoms with van der Waals surface area (Å²) in [5, 5.41) is 7.07. The van der Waals surface area contributed by atoms with Gasteiger partial charge in [-0.05, 0) is 43.0 Å². The zero-order chi connectivity index (χ0) is 25.8. The monoisotopic (exact) mass is 495 g/mol. The molecule has 0 fully saturated rings. The van der Waals surface area contributed by atoms with Crippen LogP contribution in [0.25, 0.3) is 0 Å². The number of carbonyl (C=O) groups is 2. The summed E-state index contributed by atoms with van der Waals surface area (Å²) in [6.07, 6.45) is 2.04. The second kappa shape index (κ2) is 10.6. The van der Waals surface area contributed by atoms with Crippen molar-refractivity contribution in [2.45, 2.75) is 32.1 Å². The molecule has 4 aromatic rings. The van der Waals surface area contributed by atoms with Gasteiger partial charge in [0, 0.05) is 17.5 Å². The van der Waals surface area contributed by atoms with Crippen LogP contribution in [0.2, 0.25) is 0 Å². The minimum Gasteiger partial charge on any atom is -0.455 e. The third-order valence-electron chi connectivity index (χ3n) is 6.48. The van der Waals surface area contributed by atoms with Gasteiger partial charge in [0.15, 0.2) is 5.76 Å². The molecule has 2 amide bonds. The minimum absolute atomic E-state index is 0.0790. The highest BCUT2D eigenvalue weighted by atomic mass is 19.1. The van der Waals surface area contributed by atoms with Gasteiger partial charge in [0.2, 0.25) is 0 Å². The highest BCUT2D eigenvalue weighted by molar-refractivity contribution is 6.09. The molecule has 0 radical (unpaired) electrons. The van der Waals surface area contributed by atoms with Gasteiger partial charge in [-0.3, -0.25) is 9.59 Å². The van der Waals surface area contributed by atoms with E-state index >= 15 is 0 Å². The van der Waals surface area contributed by atoms with E-state index in [0.717, 1.165) is 23.1 Å². The molecule has 0 unspecified atom stereocenters. The molecule has 0 atom stereocenters. The molecular formula is C30H26FN3O3. The quantitative estimate of drug-likeness (QED) is 0.323. The Morgan fingerprint density at radius 3 is 2.16 bits per heavy atom. The molecule has 0 bridgehead atoms. The van der Waals surface area contributed by atoms with Crippen molar-refractivity contribution in [3.8, 4) is 0 Å². The Balaban J connectivity index is 1.41. The first-order valence-electron chi connectivity index (χ1n) is 12.2. The molecule has 0 saturated heterocycles. The number of hydrazone groups is 1. The molecule has 1 aromatic heterocycles. The number of para-hydroxylation sites is 1. The minimum atomic E-state index is -0.534. The summed E-state index contributed by atoms with van der Waals surface area (Å²) in [5.74, 6) is -1.09. The fourth-order valence-electron chi connectivity index (χ4n) is 4.71. The van der Waals surface area contributed by atoms with Crippen LogP contribution in [0.5, 0.6) is 0 Å². The molecule has 0 saturated carbocycles. The van der Waals surface area contributed by atoms with Gasteiger partial charge < -0.3 is 9.73 Å². The van der Waals surface area contributed by atoms with E-state index in [1.807, 2.05) is 60.7 Å². The number of rotatable bonds is 6. The number of nitrogens with zero attached hydrogens (tertiary/aromatic N) is 1. The molecule has 0 aliphatic heterocycles. The summed E-state index contributed by atoms with van der Waals surface area (Å²) in [5.41, 5.74) is 6.55. The maximum Gasteiger partial charge on any atom is 0.291 e. The van der Waals surface area contributed by atoms with E-state index in [0.29, 0.717) is 29.9 Å². The number of carbonyl (C=O) groups excluding carboxylic acids is 2. The topological polar surface area (TPSA) is 83.7 Å². The van der Waals surface area contributed by atoms with Gasteiger partial charge in [-0.2, -0.15) is 5.10 Å². The number of nitrogens with one attached hydrogen (secondary N) is 2. The van der Waals surface area contributed by atoms with Crippen LogP contribution in [-0.4, -0.2) is 17.5 Å². The number of anilines is 1. The van der Waals surface area contributed by atoms with E-state index in [9.17, 15) is 14.0 Å². The number of furan rings is 1. The first kappa shape index (κ1) is 24.2. The van der Waals surface area contributed by atoms with Gasteiger partial charge in [-0.1, -0.05) is 72.8 Å². The maximum atomic E-state index is 14.0. The van der Waals surface area contributed by atoms with E-state index in [4.69, 9.17) is 4.42 Å². The third-order valence-corrected chi connectivity index (χ3v) is 6.48.